The van der Waals surface area contributed by atoms with E-state index in [2.05, 4.69) is 0 Å². The fourth-order valence-corrected chi connectivity index (χ4v) is 4.44. The van der Waals surface area contributed by atoms with Gasteiger partial charge in [0.25, 0.3) is 0 Å². The normalized spacial score (nSPS) is 18.1. The van der Waals surface area contributed by atoms with Crippen molar-refractivity contribution in [3.8, 4) is 0 Å². The summed E-state index contributed by atoms with van der Waals surface area (Å²) in [5.74, 6) is -0.867. The Morgan fingerprint density at radius 3 is 2.25 bits per heavy atom. The summed E-state index contributed by atoms with van der Waals surface area (Å²) < 4.78 is 22.8. The molecule has 1 aliphatic carbocycles. The van der Waals surface area contributed by atoms with Crippen LogP contribution in [0.4, 0.5) is 0 Å². The predicted molar refractivity (Wildman–Crippen MR) is 79.8 cm³/mol. The van der Waals surface area contributed by atoms with E-state index < -0.39 is 21.1 Å². The number of benzene rings is 1. The maximum atomic E-state index is 11.4. The van der Waals surface area contributed by atoms with Gasteiger partial charge in [-0.3, -0.25) is 4.79 Å². The number of sulfone groups is 1. The molecule has 0 aliphatic heterocycles. The number of aliphatic carboxylic acids is 1. The molecule has 1 aromatic carbocycles. The molecule has 1 atom stereocenters. The fraction of sp³-hybridized carbons (Fsp3) is 0.500. The Labute approximate surface area is 123 Å². The van der Waals surface area contributed by atoms with Crippen LogP contribution in [-0.4, -0.2) is 31.0 Å². The average Bonchev–Trinajstić information content (AvgIpc) is 2.87. The molecule has 0 heterocycles. The van der Waals surface area contributed by atoms with Crippen LogP contribution in [0.25, 0.3) is 0 Å². The van der Waals surface area contributed by atoms with E-state index >= 15 is 0 Å². The molecular weight excluding hydrogens is 296 g/mol. The molecule has 0 unspecified atom stereocenters. The summed E-state index contributed by atoms with van der Waals surface area (Å²) in [7, 11) is -3.24. The van der Waals surface area contributed by atoms with Gasteiger partial charge in [0.15, 0.2) is 9.84 Å². The Balaban J connectivity index is 2.19. The molecule has 0 radical (unpaired) electrons. The monoisotopic (exact) mass is 314 g/mol. The van der Waals surface area contributed by atoms with Crippen LogP contribution in [0.2, 0.25) is 0 Å². The van der Waals surface area contributed by atoms with Gasteiger partial charge in [-0.05, 0) is 30.5 Å². The quantitative estimate of drug-likeness (QED) is 0.905. The lowest BCUT2D eigenvalue weighted by molar-refractivity contribution is -0.136. The molecule has 1 aromatic rings. The Hall–Kier alpha value is -1.01. The number of carbonyl (C=O) groups is 1. The van der Waals surface area contributed by atoms with Gasteiger partial charge in [-0.1, -0.05) is 25.0 Å². The van der Waals surface area contributed by atoms with Crippen molar-refractivity contribution >= 4 is 27.6 Å². The van der Waals surface area contributed by atoms with Crippen molar-refractivity contribution in [3.63, 3.8) is 0 Å². The molecule has 1 N–H and O–H groups in total. The molecule has 1 fully saturated rings. The van der Waals surface area contributed by atoms with Crippen molar-refractivity contribution in [2.75, 3.05) is 6.26 Å². The Morgan fingerprint density at radius 1 is 1.25 bits per heavy atom. The van der Waals surface area contributed by atoms with Crippen LogP contribution in [0.3, 0.4) is 0 Å². The number of hydrogen-bond donors (Lipinski definition) is 1. The second-order valence-corrected chi connectivity index (χ2v) is 8.53. The zero-order valence-corrected chi connectivity index (χ0v) is 12.9. The second kappa shape index (κ2) is 6.18. The molecule has 6 heteroatoms. The summed E-state index contributed by atoms with van der Waals surface area (Å²) in [6.07, 6.45) is 5.60. The van der Waals surface area contributed by atoms with Crippen LogP contribution in [0.15, 0.2) is 29.2 Å². The minimum absolute atomic E-state index is 0.219. The van der Waals surface area contributed by atoms with E-state index in [9.17, 15) is 18.3 Å². The van der Waals surface area contributed by atoms with Gasteiger partial charge in [0.2, 0.25) is 0 Å². The molecule has 0 spiro atoms. The maximum Gasteiger partial charge on any atom is 0.321 e. The Bertz CT molecular complexity index is 572. The van der Waals surface area contributed by atoms with Gasteiger partial charge >= 0.3 is 5.97 Å². The van der Waals surface area contributed by atoms with Crippen molar-refractivity contribution in [2.24, 2.45) is 0 Å². The summed E-state index contributed by atoms with van der Waals surface area (Å²) in [6, 6.07) is 6.18. The molecule has 20 heavy (non-hydrogen) atoms. The van der Waals surface area contributed by atoms with Crippen molar-refractivity contribution < 1.29 is 18.3 Å². The number of thioether (sulfide) groups is 1. The molecule has 1 aliphatic rings. The topological polar surface area (TPSA) is 71.4 Å². The van der Waals surface area contributed by atoms with E-state index in [-0.39, 0.29) is 4.90 Å². The van der Waals surface area contributed by atoms with Crippen molar-refractivity contribution in [3.05, 3.63) is 29.8 Å². The third kappa shape index (κ3) is 3.76. The third-order valence-corrected chi connectivity index (χ3v) is 6.20. The molecule has 110 valence electrons. The minimum Gasteiger partial charge on any atom is -0.480 e. The third-order valence-electron chi connectivity index (χ3n) is 3.47. The minimum atomic E-state index is -3.24. The summed E-state index contributed by atoms with van der Waals surface area (Å²) in [5.41, 5.74) is 0.654. The molecule has 0 saturated heterocycles. The largest absolute Gasteiger partial charge is 0.480 e. The second-order valence-electron chi connectivity index (χ2n) is 5.10. The van der Waals surface area contributed by atoms with Crippen LogP contribution in [0.5, 0.6) is 0 Å². The molecule has 0 aromatic heterocycles. The Kier molecular flexibility index (Phi) is 4.75. The number of hydrogen-bond acceptors (Lipinski definition) is 4. The molecule has 2 rings (SSSR count). The van der Waals surface area contributed by atoms with Crippen molar-refractivity contribution in [1.82, 2.24) is 0 Å². The predicted octanol–water partition coefficient (Wildman–Crippen LogP) is 2.89. The SMILES string of the molecule is CS(=O)(=O)c1ccc([C@@H](SC2CCCC2)C(=O)O)cc1. The lowest BCUT2D eigenvalue weighted by Crippen LogP contribution is -2.12. The summed E-state index contributed by atoms with van der Waals surface area (Å²) in [6.45, 7) is 0. The fourth-order valence-electron chi connectivity index (χ4n) is 2.39. The maximum absolute atomic E-state index is 11.4. The van der Waals surface area contributed by atoms with Gasteiger partial charge in [-0.15, -0.1) is 11.8 Å². The van der Waals surface area contributed by atoms with Gasteiger partial charge in [-0.25, -0.2) is 8.42 Å². The first-order valence-electron chi connectivity index (χ1n) is 6.56. The highest BCUT2D eigenvalue weighted by Crippen LogP contribution is 2.39. The van der Waals surface area contributed by atoms with Crippen LogP contribution >= 0.6 is 11.8 Å². The number of carboxylic acids is 1. The number of carboxylic acid groups (broad SMARTS) is 1. The molecule has 4 nitrogen and oxygen atoms in total. The zero-order valence-electron chi connectivity index (χ0n) is 11.3. The summed E-state index contributed by atoms with van der Waals surface area (Å²) >= 11 is 1.48. The zero-order chi connectivity index (χ0) is 14.8. The first-order chi connectivity index (χ1) is 9.38. The van der Waals surface area contributed by atoms with E-state index in [0.717, 1.165) is 31.9 Å². The van der Waals surface area contributed by atoms with E-state index in [1.54, 1.807) is 12.1 Å². The van der Waals surface area contributed by atoms with Gasteiger partial charge in [-0.2, -0.15) is 0 Å². The molecule has 0 bridgehead atoms. The Morgan fingerprint density at radius 2 is 1.80 bits per heavy atom. The highest BCUT2D eigenvalue weighted by Gasteiger charge is 2.27. The smallest absolute Gasteiger partial charge is 0.321 e. The van der Waals surface area contributed by atoms with Crippen LogP contribution in [0.1, 0.15) is 36.5 Å². The van der Waals surface area contributed by atoms with E-state index in [4.69, 9.17) is 0 Å². The summed E-state index contributed by atoms with van der Waals surface area (Å²) in [4.78, 5) is 11.6. The molecule has 0 amide bonds. The molecular formula is C14H18O4S2. The van der Waals surface area contributed by atoms with Gasteiger partial charge in [0.1, 0.15) is 5.25 Å². The van der Waals surface area contributed by atoms with Crippen LogP contribution < -0.4 is 0 Å². The number of rotatable bonds is 5. The van der Waals surface area contributed by atoms with Gasteiger partial charge < -0.3 is 5.11 Å². The standard InChI is InChI=1S/C14H18O4S2/c1-20(17,18)12-8-6-10(7-9-12)13(14(15)16)19-11-4-2-3-5-11/h6-9,11,13H,2-5H2,1H3,(H,15,16)/t13-/m1/s1. The van der Waals surface area contributed by atoms with Gasteiger partial charge in [0.05, 0.1) is 4.90 Å². The first kappa shape index (κ1) is 15.4. The average molecular weight is 314 g/mol. The summed E-state index contributed by atoms with van der Waals surface area (Å²) in [5, 5.41) is 9.15. The molecule has 1 saturated carbocycles. The van der Waals surface area contributed by atoms with Gasteiger partial charge in [0, 0.05) is 11.5 Å². The van der Waals surface area contributed by atoms with Crippen molar-refractivity contribution in [2.45, 2.75) is 41.1 Å². The van der Waals surface area contributed by atoms with E-state index in [1.165, 1.54) is 23.9 Å². The lowest BCUT2D eigenvalue weighted by atomic mass is 10.1. The van der Waals surface area contributed by atoms with E-state index in [0.29, 0.717) is 10.8 Å². The highest BCUT2D eigenvalue weighted by atomic mass is 32.2. The van der Waals surface area contributed by atoms with Crippen molar-refractivity contribution in [1.29, 1.82) is 0 Å². The first-order valence-corrected chi connectivity index (χ1v) is 9.39. The van der Waals surface area contributed by atoms with E-state index in [1.807, 2.05) is 0 Å². The highest BCUT2D eigenvalue weighted by molar-refractivity contribution is 8.00. The lowest BCUT2D eigenvalue weighted by Gasteiger charge is -2.17. The van der Waals surface area contributed by atoms with Crippen LogP contribution in [-0.2, 0) is 14.6 Å². The van der Waals surface area contributed by atoms with Crippen LogP contribution in [0, 0.1) is 0 Å².